The zero-order valence-corrected chi connectivity index (χ0v) is 25.0. The molecule has 3 heterocycles. The number of phenolic OH excluding ortho intramolecular Hbond substituents is 1. The molecule has 2 unspecified atom stereocenters. The molecule has 2 atom stereocenters. The van der Waals surface area contributed by atoms with Gasteiger partial charge in [-0.15, -0.1) is 6.58 Å². The number of amides is 4. The van der Waals surface area contributed by atoms with Crippen LogP contribution in [0.25, 0.3) is 0 Å². The molecule has 2 N–H and O–H groups in total. The van der Waals surface area contributed by atoms with E-state index in [1.807, 2.05) is 30.3 Å². The number of carbonyl (C=O) groups is 4. The lowest BCUT2D eigenvalue weighted by Crippen LogP contribution is -2.76. The Kier molecular flexibility index (Phi) is 9.73. The Bertz CT molecular complexity index is 1550. The summed E-state index contributed by atoms with van der Waals surface area (Å²) in [4.78, 5) is 61.5. The zero-order chi connectivity index (χ0) is 31.9. The number of piperazine rings is 1. The number of hydrazine groups is 1. The summed E-state index contributed by atoms with van der Waals surface area (Å²) < 4.78 is 5.09. The van der Waals surface area contributed by atoms with Crippen LogP contribution in [0.3, 0.4) is 0 Å². The summed E-state index contributed by atoms with van der Waals surface area (Å²) in [6, 6.07) is 19.5. The maximum Gasteiger partial charge on any atom is 0.356 e. The highest BCUT2D eigenvalue weighted by atomic mass is 16.5. The highest BCUT2D eigenvalue weighted by molar-refractivity contribution is 5.92. The number of hydrogen-bond acceptors (Lipinski definition) is 8. The van der Waals surface area contributed by atoms with Crippen LogP contribution in [0.2, 0.25) is 0 Å². The number of phenols is 1. The third-order valence-electron chi connectivity index (χ3n) is 7.67. The summed E-state index contributed by atoms with van der Waals surface area (Å²) in [5.74, 6) is -1.11. The minimum Gasteiger partial charge on any atom is -0.508 e. The molecule has 2 fully saturated rings. The Morgan fingerprint density at radius 1 is 1.04 bits per heavy atom. The fraction of sp³-hybridized carbons (Fsp3) is 0.303. The quantitative estimate of drug-likeness (QED) is 0.264. The van der Waals surface area contributed by atoms with Crippen molar-refractivity contribution in [1.29, 1.82) is 0 Å². The summed E-state index contributed by atoms with van der Waals surface area (Å²) in [6.45, 7) is 6.14. The number of esters is 1. The third kappa shape index (κ3) is 7.13. The number of fused-ring (bicyclic) bond motifs is 1. The van der Waals surface area contributed by atoms with Gasteiger partial charge in [-0.05, 0) is 42.3 Å². The molecule has 2 saturated heterocycles. The van der Waals surface area contributed by atoms with Gasteiger partial charge in [-0.1, -0.05) is 54.6 Å². The smallest absolute Gasteiger partial charge is 0.356 e. The number of nitrogens with zero attached hydrogens (tertiary/aromatic N) is 5. The highest BCUT2D eigenvalue weighted by Gasteiger charge is 2.51. The van der Waals surface area contributed by atoms with Gasteiger partial charge >= 0.3 is 12.0 Å². The van der Waals surface area contributed by atoms with E-state index in [0.717, 1.165) is 11.1 Å². The van der Waals surface area contributed by atoms with E-state index in [9.17, 15) is 24.3 Å². The molecule has 1 aromatic heterocycles. The number of rotatable bonds is 10. The second kappa shape index (κ2) is 14.0. The summed E-state index contributed by atoms with van der Waals surface area (Å²) >= 11 is 0. The van der Waals surface area contributed by atoms with Gasteiger partial charge in [0.2, 0.25) is 11.8 Å². The Morgan fingerprint density at radius 3 is 2.51 bits per heavy atom. The largest absolute Gasteiger partial charge is 0.508 e. The van der Waals surface area contributed by atoms with Crippen LogP contribution in [0.4, 0.5) is 4.79 Å². The van der Waals surface area contributed by atoms with Gasteiger partial charge in [0.05, 0.1) is 31.9 Å². The SMILES string of the molecule is C=CCN1CC(=O)N2C(Cc3ccc(O)cc3)C(=O)N(Cc3cccc(C(=O)OCC)n3)CC2N1C(=O)NCc1ccccc1. The predicted octanol–water partition coefficient (Wildman–Crippen LogP) is 2.70. The molecule has 234 valence electrons. The normalized spacial score (nSPS) is 18.4. The van der Waals surface area contributed by atoms with E-state index in [-0.39, 0.29) is 69.0 Å². The first-order valence-electron chi connectivity index (χ1n) is 14.8. The van der Waals surface area contributed by atoms with E-state index in [0.29, 0.717) is 5.69 Å². The van der Waals surface area contributed by atoms with Crippen LogP contribution in [0, 0.1) is 0 Å². The van der Waals surface area contributed by atoms with E-state index in [4.69, 9.17) is 4.74 Å². The molecule has 2 aliphatic heterocycles. The van der Waals surface area contributed by atoms with Crippen LogP contribution in [-0.2, 0) is 33.8 Å². The van der Waals surface area contributed by atoms with Crippen molar-refractivity contribution in [1.82, 2.24) is 30.1 Å². The van der Waals surface area contributed by atoms with Crippen LogP contribution in [0.5, 0.6) is 5.75 Å². The lowest BCUT2D eigenvalue weighted by molar-refractivity contribution is -0.189. The van der Waals surface area contributed by atoms with Crippen molar-refractivity contribution in [3.63, 3.8) is 0 Å². The van der Waals surface area contributed by atoms with Crippen molar-refractivity contribution in [2.24, 2.45) is 0 Å². The average molecular weight is 613 g/mol. The molecule has 4 amide bonds. The molecule has 0 aliphatic carbocycles. The molecule has 0 radical (unpaired) electrons. The number of ether oxygens (including phenoxy) is 1. The van der Waals surface area contributed by atoms with Crippen LogP contribution < -0.4 is 5.32 Å². The second-order valence-corrected chi connectivity index (χ2v) is 10.7. The number of hydrogen-bond donors (Lipinski definition) is 2. The third-order valence-corrected chi connectivity index (χ3v) is 7.67. The molecule has 12 nitrogen and oxygen atoms in total. The number of carbonyl (C=O) groups excluding carboxylic acids is 4. The van der Waals surface area contributed by atoms with Gasteiger partial charge in [0.15, 0.2) is 0 Å². The molecule has 0 bridgehead atoms. The van der Waals surface area contributed by atoms with E-state index >= 15 is 0 Å². The summed E-state index contributed by atoms with van der Waals surface area (Å²) in [5.41, 5.74) is 2.21. The molecule has 0 saturated carbocycles. The van der Waals surface area contributed by atoms with E-state index in [1.165, 1.54) is 22.0 Å². The van der Waals surface area contributed by atoms with Crippen molar-refractivity contribution in [2.75, 3.05) is 26.2 Å². The number of aromatic nitrogens is 1. The zero-order valence-electron chi connectivity index (χ0n) is 25.0. The van der Waals surface area contributed by atoms with Crippen molar-refractivity contribution >= 4 is 23.8 Å². The van der Waals surface area contributed by atoms with Crippen molar-refractivity contribution in [2.45, 2.75) is 38.6 Å². The lowest BCUT2D eigenvalue weighted by Gasteiger charge is -2.55. The topological polar surface area (TPSA) is 136 Å². The summed E-state index contributed by atoms with van der Waals surface area (Å²) in [6.07, 6.45) is 0.940. The number of aromatic hydroxyl groups is 1. The van der Waals surface area contributed by atoms with Gasteiger partial charge in [0, 0.05) is 19.5 Å². The number of benzene rings is 2. The summed E-state index contributed by atoms with van der Waals surface area (Å²) in [5, 5.41) is 15.9. The Labute approximate surface area is 261 Å². The number of urea groups is 1. The van der Waals surface area contributed by atoms with Crippen molar-refractivity contribution in [3.05, 3.63) is 108 Å². The molecule has 5 rings (SSSR count). The van der Waals surface area contributed by atoms with Crippen LogP contribution in [0.1, 0.15) is 34.2 Å². The number of pyridine rings is 1. The van der Waals surface area contributed by atoms with Crippen molar-refractivity contribution in [3.8, 4) is 5.75 Å². The monoisotopic (exact) mass is 612 g/mol. The van der Waals surface area contributed by atoms with E-state index < -0.39 is 24.2 Å². The van der Waals surface area contributed by atoms with E-state index in [2.05, 4.69) is 16.9 Å². The highest BCUT2D eigenvalue weighted by Crippen LogP contribution is 2.29. The minimum atomic E-state index is -0.940. The minimum absolute atomic E-state index is 0.00830. The van der Waals surface area contributed by atoms with Gasteiger partial charge in [-0.25, -0.2) is 24.6 Å². The standard InChI is InChI=1S/C33H36N6O6/c1-3-17-37-22-30(41)38-28(18-23-13-15-26(40)16-14-23)31(42)36(20-25-11-8-12-27(35-25)32(43)45-4-2)21-29(38)39(37)33(44)34-19-24-9-6-5-7-10-24/h3,5-16,28-29,40H,1,4,17-22H2,2H3,(H,34,44). The Balaban J connectivity index is 1.49. The maximum atomic E-state index is 14.1. The fourth-order valence-corrected chi connectivity index (χ4v) is 5.64. The average Bonchev–Trinajstić information content (AvgIpc) is 3.04. The van der Waals surface area contributed by atoms with Gasteiger partial charge < -0.3 is 25.0 Å². The van der Waals surface area contributed by atoms with Gasteiger partial charge in [0.1, 0.15) is 23.7 Å². The van der Waals surface area contributed by atoms with Gasteiger partial charge in [-0.3, -0.25) is 9.59 Å². The molecule has 2 aromatic carbocycles. The molecule has 0 spiro atoms. The molecule has 3 aromatic rings. The van der Waals surface area contributed by atoms with Gasteiger partial charge in [-0.2, -0.15) is 0 Å². The first-order valence-corrected chi connectivity index (χ1v) is 14.8. The summed E-state index contributed by atoms with van der Waals surface area (Å²) in [7, 11) is 0. The maximum absolute atomic E-state index is 14.1. The molecular weight excluding hydrogens is 576 g/mol. The van der Waals surface area contributed by atoms with Crippen LogP contribution >= 0.6 is 0 Å². The van der Waals surface area contributed by atoms with Crippen LogP contribution in [0.15, 0.2) is 85.5 Å². The second-order valence-electron chi connectivity index (χ2n) is 10.7. The van der Waals surface area contributed by atoms with Gasteiger partial charge in [0.25, 0.3) is 0 Å². The van der Waals surface area contributed by atoms with Crippen molar-refractivity contribution < 1.29 is 29.0 Å². The molecular formula is C33H36N6O6. The Hall–Kier alpha value is -5.23. The van der Waals surface area contributed by atoms with Crippen LogP contribution in [-0.4, -0.2) is 92.2 Å². The number of nitrogens with one attached hydrogen (secondary N) is 1. The predicted molar refractivity (Wildman–Crippen MR) is 164 cm³/mol. The lowest BCUT2D eigenvalue weighted by atomic mass is 9.98. The first kappa shape index (κ1) is 31.2. The molecule has 2 aliphatic rings. The fourth-order valence-electron chi connectivity index (χ4n) is 5.64. The molecule has 12 heteroatoms. The molecule has 45 heavy (non-hydrogen) atoms. The van der Waals surface area contributed by atoms with E-state index in [1.54, 1.807) is 53.2 Å². The Morgan fingerprint density at radius 2 is 1.80 bits per heavy atom. The first-order chi connectivity index (χ1) is 21.8.